The molecule has 0 fully saturated rings. The van der Waals surface area contributed by atoms with Crippen molar-refractivity contribution in [2.75, 3.05) is 0 Å². The van der Waals surface area contributed by atoms with Gasteiger partial charge in [0.25, 0.3) is 0 Å². The van der Waals surface area contributed by atoms with E-state index in [0.717, 1.165) is 0 Å². The van der Waals surface area contributed by atoms with E-state index in [2.05, 4.69) is 0 Å². The van der Waals surface area contributed by atoms with Gasteiger partial charge in [-0.2, -0.15) is 8.42 Å². The Morgan fingerprint density at radius 2 is 1.71 bits per heavy atom. The number of halogens is 2. The largest absolute Gasteiger partial charge is 0.423 e. The predicted octanol–water partition coefficient (Wildman–Crippen LogP) is 4.01. The second-order valence-corrected chi connectivity index (χ2v) is 7.37. The molecule has 0 unspecified atom stereocenters. The number of fused-ring (bicyclic) bond motifs is 1. The van der Waals surface area contributed by atoms with Crippen LogP contribution in [0.3, 0.4) is 0 Å². The van der Waals surface area contributed by atoms with Gasteiger partial charge in [0.2, 0.25) is 0 Å². The van der Waals surface area contributed by atoms with Gasteiger partial charge in [0.15, 0.2) is 0 Å². The van der Waals surface area contributed by atoms with Gasteiger partial charge < -0.3 is 8.60 Å². The molecule has 5 nitrogen and oxygen atoms in total. The van der Waals surface area contributed by atoms with Crippen molar-refractivity contribution >= 4 is 44.3 Å². The van der Waals surface area contributed by atoms with E-state index in [-0.39, 0.29) is 22.1 Å². The first kappa shape index (κ1) is 16.8. The maximum absolute atomic E-state index is 12.2. The lowest BCUT2D eigenvalue weighted by Crippen LogP contribution is -2.12. The summed E-state index contributed by atoms with van der Waals surface area (Å²) in [4.78, 5) is 11.2. The molecule has 0 aliphatic rings. The number of hydrogen-bond acceptors (Lipinski definition) is 5. The van der Waals surface area contributed by atoms with Gasteiger partial charge in [-0.1, -0.05) is 29.3 Å². The fourth-order valence-electron chi connectivity index (χ4n) is 2.10. The molecule has 2 aromatic carbocycles. The molecule has 0 saturated heterocycles. The third-order valence-corrected chi connectivity index (χ3v) is 5.02. The van der Waals surface area contributed by atoms with Gasteiger partial charge in [-0.3, -0.25) is 0 Å². The third-order valence-electron chi connectivity index (χ3n) is 3.15. The first-order valence-corrected chi connectivity index (χ1v) is 9.06. The molecule has 0 aliphatic heterocycles. The van der Waals surface area contributed by atoms with E-state index in [1.165, 1.54) is 30.3 Å². The van der Waals surface area contributed by atoms with Crippen molar-refractivity contribution in [3.8, 4) is 5.75 Å². The van der Waals surface area contributed by atoms with Gasteiger partial charge in [0, 0.05) is 17.5 Å². The average Bonchev–Trinajstić information content (AvgIpc) is 2.50. The highest BCUT2D eigenvalue weighted by atomic mass is 35.5. The summed E-state index contributed by atoms with van der Waals surface area (Å²) in [5.41, 5.74) is 0.153. The summed E-state index contributed by atoms with van der Waals surface area (Å²) in [6, 6.07) is 11.8. The first-order valence-electron chi connectivity index (χ1n) is 6.72. The van der Waals surface area contributed by atoms with Crippen molar-refractivity contribution in [3.63, 3.8) is 0 Å². The van der Waals surface area contributed by atoms with Crippen molar-refractivity contribution in [2.24, 2.45) is 0 Å². The van der Waals surface area contributed by atoms with Gasteiger partial charge in [-0.05, 0) is 35.9 Å². The van der Waals surface area contributed by atoms with Crippen LogP contribution in [0.15, 0.2) is 57.7 Å². The van der Waals surface area contributed by atoms with Gasteiger partial charge in [0.1, 0.15) is 17.1 Å². The summed E-state index contributed by atoms with van der Waals surface area (Å²) in [5.74, 6) is -0.322. The molecule has 0 aliphatic carbocycles. The predicted molar refractivity (Wildman–Crippen MR) is 92.2 cm³/mol. The van der Waals surface area contributed by atoms with Crippen LogP contribution in [0, 0.1) is 0 Å². The van der Waals surface area contributed by atoms with Gasteiger partial charge in [-0.25, -0.2) is 4.79 Å². The minimum atomic E-state index is -3.92. The number of rotatable bonds is 4. The Hall–Kier alpha value is -2.02. The summed E-state index contributed by atoms with van der Waals surface area (Å²) >= 11 is 11.7. The maximum Gasteiger partial charge on any atom is 0.336 e. The summed E-state index contributed by atoms with van der Waals surface area (Å²) in [7, 11) is -3.92. The summed E-state index contributed by atoms with van der Waals surface area (Å²) in [6.07, 6.45) is 0. The molecule has 0 atom stereocenters. The highest BCUT2D eigenvalue weighted by Crippen LogP contribution is 2.25. The normalized spacial score (nSPS) is 11.6. The van der Waals surface area contributed by atoms with Crippen molar-refractivity contribution in [2.45, 2.75) is 5.75 Å². The quantitative estimate of drug-likeness (QED) is 0.501. The fourth-order valence-corrected chi connectivity index (χ4v) is 3.47. The van der Waals surface area contributed by atoms with Gasteiger partial charge >= 0.3 is 15.7 Å². The van der Waals surface area contributed by atoms with Crippen molar-refractivity contribution in [1.29, 1.82) is 0 Å². The van der Waals surface area contributed by atoms with E-state index in [0.29, 0.717) is 16.0 Å². The molecule has 0 radical (unpaired) electrons. The lowest BCUT2D eigenvalue weighted by molar-refractivity contribution is 0.484. The number of hydrogen-bond donors (Lipinski definition) is 0. The maximum atomic E-state index is 12.2. The SMILES string of the molecule is O=c1ccc2ccc(OS(=O)(=O)Cc3ccc(Cl)c(Cl)c3)cc2o1. The van der Waals surface area contributed by atoms with Crippen molar-refractivity contribution in [1.82, 2.24) is 0 Å². The van der Waals surface area contributed by atoms with Crippen LogP contribution in [0.25, 0.3) is 11.0 Å². The Bertz CT molecular complexity index is 1070. The van der Waals surface area contributed by atoms with E-state index in [9.17, 15) is 13.2 Å². The average molecular weight is 385 g/mol. The van der Waals surface area contributed by atoms with Gasteiger partial charge in [-0.15, -0.1) is 0 Å². The van der Waals surface area contributed by atoms with Crippen LogP contribution in [0.1, 0.15) is 5.56 Å². The zero-order valence-corrected chi connectivity index (χ0v) is 14.4. The van der Waals surface area contributed by atoms with Crippen LogP contribution in [0.4, 0.5) is 0 Å². The van der Waals surface area contributed by atoms with Gasteiger partial charge in [0.05, 0.1) is 10.0 Å². The second-order valence-electron chi connectivity index (χ2n) is 4.99. The Morgan fingerprint density at radius 3 is 2.46 bits per heavy atom. The molecular weight excluding hydrogens is 375 g/mol. The Balaban J connectivity index is 1.85. The van der Waals surface area contributed by atoms with E-state index < -0.39 is 15.7 Å². The molecular formula is C16H10Cl2O5S. The lowest BCUT2D eigenvalue weighted by Gasteiger charge is -2.08. The molecule has 0 spiro atoms. The van der Waals surface area contributed by atoms with Crippen LogP contribution in [0.2, 0.25) is 10.0 Å². The molecule has 3 rings (SSSR count). The van der Waals surface area contributed by atoms with Crippen LogP contribution in [-0.2, 0) is 15.9 Å². The summed E-state index contributed by atoms with van der Waals surface area (Å²) in [5, 5.41) is 1.25. The molecule has 1 heterocycles. The zero-order chi connectivity index (χ0) is 17.3. The van der Waals surface area contributed by atoms with Crippen molar-refractivity contribution < 1.29 is 17.0 Å². The minimum absolute atomic E-state index is 0.0527. The number of benzene rings is 2. The third kappa shape index (κ3) is 3.90. The molecule has 0 bridgehead atoms. The molecule has 124 valence electrons. The zero-order valence-electron chi connectivity index (χ0n) is 12.0. The van der Waals surface area contributed by atoms with E-state index in [1.54, 1.807) is 18.2 Å². The Labute approximate surface area is 147 Å². The summed E-state index contributed by atoms with van der Waals surface area (Å²) in [6.45, 7) is 0. The first-order chi connectivity index (χ1) is 11.3. The minimum Gasteiger partial charge on any atom is -0.423 e. The molecule has 0 saturated carbocycles. The van der Waals surface area contributed by atoms with Crippen LogP contribution in [-0.4, -0.2) is 8.42 Å². The molecule has 8 heteroatoms. The Kier molecular flexibility index (Phi) is 4.54. The topological polar surface area (TPSA) is 73.6 Å². The van der Waals surface area contributed by atoms with Crippen molar-refractivity contribution in [3.05, 3.63) is 74.6 Å². The van der Waals surface area contributed by atoms with Crippen LogP contribution >= 0.6 is 23.2 Å². The van der Waals surface area contributed by atoms with E-state index in [1.807, 2.05) is 0 Å². The monoisotopic (exact) mass is 384 g/mol. The highest BCUT2D eigenvalue weighted by Gasteiger charge is 2.16. The van der Waals surface area contributed by atoms with Crippen LogP contribution < -0.4 is 9.81 Å². The van der Waals surface area contributed by atoms with E-state index in [4.69, 9.17) is 31.8 Å². The Morgan fingerprint density at radius 1 is 0.958 bits per heavy atom. The fraction of sp³-hybridized carbons (Fsp3) is 0.0625. The molecule has 0 N–H and O–H groups in total. The molecule has 3 aromatic rings. The molecule has 1 aromatic heterocycles. The lowest BCUT2D eigenvalue weighted by atomic mass is 10.2. The smallest absolute Gasteiger partial charge is 0.336 e. The summed E-state index contributed by atoms with van der Waals surface area (Å²) < 4.78 is 34.4. The second kappa shape index (κ2) is 6.47. The highest BCUT2D eigenvalue weighted by molar-refractivity contribution is 7.86. The molecule has 0 amide bonds. The standard InChI is InChI=1S/C16H10Cl2O5S/c17-13-5-1-10(7-14(13)18)9-24(20,21)23-12-4-2-11-3-6-16(19)22-15(11)8-12/h1-8H,9H2. The van der Waals surface area contributed by atoms with E-state index >= 15 is 0 Å². The molecule has 24 heavy (non-hydrogen) atoms. The van der Waals surface area contributed by atoms with Crippen LogP contribution in [0.5, 0.6) is 5.75 Å².